The molecule has 3 aromatic rings. The van der Waals surface area contributed by atoms with Crippen LogP contribution in [0.3, 0.4) is 0 Å². The van der Waals surface area contributed by atoms with Crippen molar-refractivity contribution in [3.63, 3.8) is 0 Å². The predicted molar refractivity (Wildman–Crippen MR) is 125 cm³/mol. The number of anilines is 1. The molecule has 166 valence electrons. The van der Waals surface area contributed by atoms with Crippen LogP contribution >= 0.6 is 0 Å². The van der Waals surface area contributed by atoms with E-state index in [9.17, 15) is 9.59 Å². The molecule has 32 heavy (non-hydrogen) atoms. The monoisotopic (exact) mass is 432 g/mol. The first-order chi connectivity index (χ1) is 15.5. The van der Waals surface area contributed by atoms with Crippen molar-refractivity contribution in [3.05, 3.63) is 82.1 Å². The summed E-state index contributed by atoms with van der Waals surface area (Å²) in [6.45, 7) is 6.76. The molecule has 0 aliphatic carbocycles. The molecule has 0 atom stereocenters. The van der Waals surface area contributed by atoms with E-state index in [2.05, 4.69) is 10.00 Å². The fourth-order valence-corrected chi connectivity index (χ4v) is 3.76. The van der Waals surface area contributed by atoms with Crippen molar-refractivity contribution < 1.29 is 9.53 Å². The second-order valence-electron chi connectivity index (χ2n) is 8.03. The number of rotatable bonds is 5. The van der Waals surface area contributed by atoms with Crippen LogP contribution in [-0.2, 0) is 4.79 Å². The summed E-state index contributed by atoms with van der Waals surface area (Å²) >= 11 is 0. The van der Waals surface area contributed by atoms with Gasteiger partial charge in [-0.25, -0.2) is 0 Å². The molecule has 0 saturated carbocycles. The van der Waals surface area contributed by atoms with Crippen LogP contribution in [-0.4, -0.2) is 53.4 Å². The Kier molecular flexibility index (Phi) is 6.54. The highest BCUT2D eigenvalue weighted by molar-refractivity contribution is 5.77. The summed E-state index contributed by atoms with van der Waals surface area (Å²) in [6, 6.07) is 18.6. The maximum Gasteiger partial charge on any atom is 0.271 e. The fraction of sp³-hybridized carbons (Fsp3) is 0.320. The van der Waals surface area contributed by atoms with E-state index in [1.165, 1.54) is 10.2 Å². The van der Waals surface area contributed by atoms with E-state index in [0.717, 1.165) is 30.0 Å². The molecular formula is C25H28N4O3. The van der Waals surface area contributed by atoms with Gasteiger partial charge in [0.15, 0.2) is 6.61 Å². The summed E-state index contributed by atoms with van der Waals surface area (Å²) in [5, 5.41) is 4.63. The highest BCUT2D eigenvalue weighted by Crippen LogP contribution is 2.16. The lowest BCUT2D eigenvalue weighted by Crippen LogP contribution is -2.38. The van der Waals surface area contributed by atoms with Crippen molar-refractivity contribution in [2.24, 2.45) is 0 Å². The minimum Gasteiger partial charge on any atom is -0.484 e. The van der Waals surface area contributed by atoms with Gasteiger partial charge in [0.1, 0.15) is 11.6 Å². The summed E-state index contributed by atoms with van der Waals surface area (Å²) < 4.78 is 7.06. The highest BCUT2D eigenvalue weighted by atomic mass is 16.5. The Morgan fingerprint density at radius 3 is 2.53 bits per heavy atom. The third kappa shape index (κ3) is 4.99. The topological polar surface area (TPSA) is 67.7 Å². The molecule has 2 heterocycles. The maximum absolute atomic E-state index is 12.6. The minimum atomic E-state index is -0.165. The molecule has 1 aliphatic rings. The van der Waals surface area contributed by atoms with Gasteiger partial charge in [0.05, 0.1) is 5.69 Å². The smallest absolute Gasteiger partial charge is 0.271 e. The van der Waals surface area contributed by atoms with Crippen molar-refractivity contribution in [2.45, 2.75) is 20.3 Å². The van der Waals surface area contributed by atoms with Gasteiger partial charge in [0.2, 0.25) is 0 Å². The molecule has 1 aliphatic heterocycles. The predicted octanol–water partition coefficient (Wildman–Crippen LogP) is 2.97. The molecule has 7 nitrogen and oxygen atoms in total. The zero-order valence-corrected chi connectivity index (χ0v) is 18.5. The van der Waals surface area contributed by atoms with E-state index in [1.54, 1.807) is 12.1 Å². The SMILES string of the molecule is Cc1ccc(-n2nc(N3CCCN(C(=O)COc4ccccc4)CC3)ccc2=O)cc1C. The van der Waals surface area contributed by atoms with Crippen LogP contribution in [0.25, 0.3) is 5.69 Å². The van der Waals surface area contributed by atoms with Crippen molar-refractivity contribution in [3.8, 4) is 11.4 Å². The van der Waals surface area contributed by atoms with Gasteiger partial charge < -0.3 is 14.5 Å². The van der Waals surface area contributed by atoms with Gasteiger partial charge in [-0.2, -0.15) is 4.68 Å². The number of hydrogen-bond donors (Lipinski definition) is 0. The average Bonchev–Trinajstić information content (AvgIpc) is 3.07. The highest BCUT2D eigenvalue weighted by Gasteiger charge is 2.21. The van der Waals surface area contributed by atoms with Gasteiger partial charge in [0, 0.05) is 32.2 Å². The molecular weight excluding hydrogens is 404 g/mol. The van der Waals surface area contributed by atoms with Crippen LogP contribution in [0.5, 0.6) is 5.75 Å². The zero-order chi connectivity index (χ0) is 22.5. The summed E-state index contributed by atoms with van der Waals surface area (Å²) in [5.74, 6) is 1.40. The maximum atomic E-state index is 12.6. The molecule has 0 bridgehead atoms. The normalized spacial score (nSPS) is 14.2. The molecule has 1 saturated heterocycles. The fourth-order valence-electron chi connectivity index (χ4n) is 3.76. The van der Waals surface area contributed by atoms with E-state index < -0.39 is 0 Å². The van der Waals surface area contributed by atoms with E-state index in [0.29, 0.717) is 25.4 Å². The molecule has 0 radical (unpaired) electrons. The Balaban J connectivity index is 1.43. The van der Waals surface area contributed by atoms with Crippen LogP contribution in [0.1, 0.15) is 17.5 Å². The number of para-hydroxylation sites is 1. The standard InChI is InChI=1S/C25H28N4O3/c1-19-9-10-21(17-20(19)2)29-24(30)12-11-23(26-29)27-13-6-14-28(16-15-27)25(31)18-32-22-7-4-3-5-8-22/h3-5,7-12,17H,6,13-16,18H2,1-2H3. The number of aromatic nitrogens is 2. The van der Waals surface area contributed by atoms with Gasteiger partial charge in [-0.1, -0.05) is 24.3 Å². The second-order valence-corrected chi connectivity index (χ2v) is 8.03. The number of nitrogens with zero attached hydrogens (tertiary/aromatic N) is 4. The molecule has 0 N–H and O–H groups in total. The van der Waals surface area contributed by atoms with Crippen molar-refractivity contribution in [2.75, 3.05) is 37.7 Å². The van der Waals surface area contributed by atoms with Crippen LogP contribution in [0, 0.1) is 13.8 Å². The first-order valence-corrected chi connectivity index (χ1v) is 10.9. The second kappa shape index (κ2) is 9.68. The van der Waals surface area contributed by atoms with Gasteiger partial charge in [-0.05, 0) is 61.7 Å². The molecule has 4 rings (SSSR count). The van der Waals surface area contributed by atoms with Crippen LogP contribution in [0.15, 0.2) is 65.5 Å². The van der Waals surface area contributed by atoms with E-state index in [-0.39, 0.29) is 18.1 Å². The Morgan fingerprint density at radius 1 is 0.938 bits per heavy atom. The van der Waals surface area contributed by atoms with Crippen molar-refractivity contribution in [1.82, 2.24) is 14.7 Å². The van der Waals surface area contributed by atoms with Crippen LogP contribution in [0.2, 0.25) is 0 Å². The Hall–Kier alpha value is -3.61. The molecule has 2 aromatic carbocycles. The Bertz CT molecular complexity index is 1140. The molecule has 7 heteroatoms. The number of hydrogen-bond acceptors (Lipinski definition) is 5. The van der Waals surface area contributed by atoms with Crippen molar-refractivity contribution >= 4 is 11.7 Å². The summed E-state index contributed by atoms with van der Waals surface area (Å²) in [4.78, 5) is 29.1. The van der Waals surface area contributed by atoms with Gasteiger partial charge in [-0.15, -0.1) is 5.10 Å². The number of amides is 1. The average molecular weight is 433 g/mol. The summed E-state index contributed by atoms with van der Waals surface area (Å²) in [5.41, 5.74) is 2.88. The first kappa shape index (κ1) is 21.6. The number of carbonyl (C=O) groups excluding carboxylic acids is 1. The van der Waals surface area contributed by atoms with Gasteiger partial charge in [-0.3, -0.25) is 9.59 Å². The van der Waals surface area contributed by atoms with E-state index >= 15 is 0 Å². The third-order valence-electron chi connectivity index (χ3n) is 5.80. The zero-order valence-electron chi connectivity index (χ0n) is 18.5. The van der Waals surface area contributed by atoms with Crippen LogP contribution < -0.4 is 15.2 Å². The first-order valence-electron chi connectivity index (χ1n) is 10.9. The minimum absolute atomic E-state index is 0.0243. The lowest BCUT2D eigenvalue weighted by Gasteiger charge is -2.23. The summed E-state index contributed by atoms with van der Waals surface area (Å²) in [6.07, 6.45) is 0.821. The van der Waals surface area contributed by atoms with Crippen molar-refractivity contribution in [1.29, 1.82) is 0 Å². The molecule has 1 aromatic heterocycles. The van der Waals surface area contributed by atoms with E-state index in [1.807, 2.05) is 67.3 Å². The lowest BCUT2D eigenvalue weighted by molar-refractivity contribution is -0.133. The lowest BCUT2D eigenvalue weighted by atomic mass is 10.1. The number of aryl methyl sites for hydroxylation is 2. The van der Waals surface area contributed by atoms with E-state index in [4.69, 9.17) is 4.74 Å². The summed E-state index contributed by atoms with van der Waals surface area (Å²) in [7, 11) is 0. The molecule has 0 unspecified atom stereocenters. The van der Waals surface area contributed by atoms with Gasteiger partial charge in [0.25, 0.3) is 11.5 Å². The Morgan fingerprint density at radius 2 is 1.75 bits per heavy atom. The van der Waals surface area contributed by atoms with Gasteiger partial charge >= 0.3 is 0 Å². The molecule has 1 fully saturated rings. The molecule has 1 amide bonds. The quantitative estimate of drug-likeness (QED) is 0.620. The Labute approximate surface area is 187 Å². The third-order valence-corrected chi connectivity index (χ3v) is 5.80. The number of carbonyl (C=O) groups is 1. The number of ether oxygens (including phenoxy) is 1. The molecule has 0 spiro atoms. The van der Waals surface area contributed by atoms with Crippen LogP contribution in [0.4, 0.5) is 5.82 Å². The number of benzene rings is 2. The largest absolute Gasteiger partial charge is 0.484 e.